The largest absolute Gasteiger partial charge is 0.340 e. The third-order valence-corrected chi connectivity index (χ3v) is 7.21. The zero-order chi connectivity index (χ0) is 18.9. The molecule has 0 aromatic heterocycles. The molecule has 1 amide bonds. The molecular weight excluding hydrogens is 364 g/mol. The van der Waals surface area contributed by atoms with Crippen LogP contribution in [0.4, 0.5) is 8.78 Å². The van der Waals surface area contributed by atoms with Gasteiger partial charge in [0.2, 0.25) is 15.9 Å². The molecule has 9 heteroatoms. The van der Waals surface area contributed by atoms with Gasteiger partial charge in [-0.1, -0.05) is 12.5 Å². The second-order valence-corrected chi connectivity index (χ2v) is 8.77. The molecule has 3 rings (SSSR count). The fraction of sp³-hybridized carbons (Fsp3) is 0.588. The summed E-state index contributed by atoms with van der Waals surface area (Å²) in [4.78, 5) is 13.1. The highest BCUT2D eigenvalue weighted by molar-refractivity contribution is 7.89. The molecule has 2 N–H and O–H groups in total. The Kier molecular flexibility index (Phi) is 5.59. The van der Waals surface area contributed by atoms with Crippen molar-refractivity contribution in [2.75, 3.05) is 26.2 Å². The normalized spacial score (nSPS) is 24.8. The smallest absolute Gasteiger partial charge is 0.249 e. The summed E-state index contributed by atoms with van der Waals surface area (Å²) >= 11 is 0. The van der Waals surface area contributed by atoms with E-state index in [1.807, 2.05) is 0 Å². The second-order valence-electron chi connectivity index (χ2n) is 6.89. The van der Waals surface area contributed by atoms with Crippen LogP contribution in [0.15, 0.2) is 23.1 Å². The van der Waals surface area contributed by atoms with E-state index in [4.69, 9.17) is 5.73 Å². The molecule has 1 heterocycles. The van der Waals surface area contributed by atoms with Crippen molar-refractivity contribution in [3.63, 3.8) is 0 Å². The summed E-state index contributed by atoms with van der Waals surface area (Å²) < 4.78 is 53.8. The second kappa shape index (κ2) is 7.58. The molecule has 0 unspecified atom stereocenters. The summed E-state index contributed by atoms with van der Waals surface area (Å²) in [5.74, 6) is -2.09. The minimum Gasteiger partial charge on any atom is -0.340 e. The van der Waals surface area contributed by atoms with Gasteiger partial charge >= 0.3 is 0 Å². The first-order valence-corrected chi connectivity index (χ1v) is 10.2. The molecule has 6 nitrogen and oxygen atoms in total. The minimum absolute atomic E-state index is 0.0125. The zero-order valence-electron chi connectivity index (χ0n) is 14.4. The molecule has 2 fully saturated rings. The lowest BCUT2D eigenvalue weighted by Crippen LogP contribution is -2.51. The number of nitrogens with zero attached hydrogens (tertiary/aromatic N) is 2. The van der Waals surface area contributed by atoms with E-state index >= 15 is 0 Å². The number of hydrogen-bond donors (Lipinski definition) is 1. The summed E-state index contributed by atoms with van der Waals surface area (Å²) in [5, 5.41) is 0. The number of piperazine rings is 1. The first-order chi connectivity index (χ1) is 12.3. The molecule has 1 aliphatic heterocycles. The van der Waals surface area contributed by atoms with Gasteiger partial charge in [-0.2, -0.15) is 4.31 Å². The monoisotopic (exact) mass is 387 g/mol. The molecule has 1 aromatic rings. The SMILES string of the molecule is N[C@@H]1CCC[C@H]1CC(=O)N1CCN(S(=O)(=O)c2c(F)cccc2F)CC1. The van der Waals surface area contributed by atoms with Crippen LogP contribution in [0.5, 0.6) is 0 Å². The fourth-order valence-electron chi connectivity index (χ4n) is 3.71. The van der Waals surface area contributed by atoms with E-state index in [1.165, 1.54) is 0 Å². The average Bonchev–Trinajstić information content (AvgIpc) is 2.99. The summed E-state index contributed by atoms with van der Waals surface area (Å²) in [6, 6.07) is 3.00. The molecule has 1 aromatic carbocycles. The number of carbonyl (C=O) groups excluding carboxylic acids is 1. The Balaban J connectivity index is 1.63. The van der Waals surface area contributed by atoms with Crippen LogP contribution >= 0.6 is 0 Å². The van der Waals surface area contributed by atoms with Crippen molar-refractivity contribution >= 4 is 15.9 Å². The number of hydrogen-bond acceptors (Lipinski definition) is 4. The van der Waals surface area contributed by atoms with Crippen molar-refractivity contribution in [1.29, 1.82) is 0 Å². The van der Waals surface area contributed by atoms with E-state index in [2.05, 4.69) is 0 Å². The van der Waals surface area contributed by atoms with E-state index in [0.29, 0.717) is 6.42 Å². The van der Waals surface area contributed by atoms with Crippen LogP contribution in [0.1, 0.15) is 25.7 Å². The van der Waals surface area contributed by atoms with Crippen LogP contribution in [-0.4, -0.2) is 55.8 Å². The number of benzene rings is 1. The highest BCUT2D eigenvalue weighted by atomic mass is 32.2. The van der Waals surface area contributed by atoms with Gasteiger partial charge in [0, 0.05) is 38.6 Å². The van der Waals surface area contributed by atoms with E-state index in [9.17, 15) is 22.0 Å². The standard InChI is InChI=1S/C17H23F2N3O3S/c18-13-4-2-5-14(19)17(13)26(24,25)22-9-7-21(8-10-22)16(23)11-12-3-1-6-15(12)20/h2,4-5,12,15H,1,3,6-11,20H2/t12-,15+/m0/s1. The van der Waals surface area contributed by atoms with Gasteiger partial charge in [0.15, 0.2) is 4.90 Å². The Morgan fingerprint density at radius 3 is 2.27 bits per heavy atom. The van der Waals surface area contributed by atoms with E-state index in [-0.39, 0.29) is 44.0 Å². The predicted octanol–water partition coefficient (Wildman–Crippen LogP) is 1.32. The number of nitrogens with two attached hydrogens (primary N) is 1. The Hall–Kier alpha value is -1.58. The maximum Gasteiger partial charge on any atom is 0.249 e. The van der Waals surface area contributed by atoms with Crippen LogP contribution in [0.3, 0.4) is 0 Å². The molecule has 2 atom stereocenters. The molecule has 1 saturated heterocycles. The fourth-order valence-corrected chi connectivity index (χ4v) is 5.24. The topological polar surface area (TPSA) is 83.7 Å². The van der Waals surface area contributed by atoms with Gasteiger partial charge in [0.05, 0.1) is 0 Å². The van der Waals surface area contributed by atoms with Gasteiger partial charge in [-0.25, -0.2) is 17.2 Å². The lowest BCUT2D eigenvalue weighted by atomic mass is 9.99. The van der Waals surface area contributed by atoms with Crippen molar-refractivity contribution < 1.29 is 22.0 Å². The lowest BCUT2D eigenvalue weighted by Gasteiger charge is -2.34. The molecule has 1 aliphatic carbocycles. The molecule has 0 spiro atoms. The van der Waals surface area contributed by atoms with Gasteiger partial charge in [-0.05, 0) is 30.9 Å². The van der Waals surface area contributed by atoms with E-state index < -0.39 is 26.6 Å². The molecule has 0 radical (unpaired) electrons. The Morgan fingerprint density at radius 1 is 1.12 bits per heavy atom. The van der Waals surface area contributed by atoms with E-state index in [1.54, 1.807) is 4.90 Å². The van der Waals surface area contributed by atoms with Gasteiger partial charge < -0.3 is 10.6 Å². The quantitative estimate of drug-likeness (QED) is 0.845. The minimum atomic E-state index is -4.28. The van der Waals surface area contributed by atoms with Crippen LogP contribution in [-0.2, 0) is 14.8 Å². The highest BCUT2D eigenvalue weighted by Gasteiger charge is 2.35. The number of rotatable bonds is 4. The van der Waals surface area contributed by atoms with Crippen molar-refractivity contribution in [2.24, 2.45) is 11.7 Å². The van der Waals surface area contributed by atoms with Crippen molar-refractivity contribution in [2.45, 2.75) is 36.6 Å². The number of sulfonamides is 1. The third-order valence-electron chi connectivity index (χ3n) is 5.26. The molecule has 1 saturated carbocycles. The Bertz CT molecular complexity index is 759. The van der Waals surface area contributed by atoms with Crippen molar-refractivity contribution in [3.8, 4) is 0 Å². The van der Waals surface area contributed by atoms with Gasteiger partial charge in [-0.15, -0.1) is 0 Å². The predicted molar refractivity (Wildman–Crippen MR) is 91.6 cm³/mol. The summed E-state index contributed by atoms with van der Waals surface area (Å²) in [5.41, 5.74) is 6.00. The average molecular weight is 387 g/mol. The maximum absolute atomic E-state index is 13.8. The highest BCUT2D eigenvalue weighted by Crippen LogP contribution is 2.28. The Labute approximate surface area is 152 Å². The number of amides is 1. The third kappa shape index (κ3) is 3.74. The van der Waals surface area contributed by atoms with Crippen LogP contribution in [0, 0.1) is 17.6 Å². The molecule has 0 bridgehead atoms. The number of carbonyl (C=O) groups is 1. The van der Waals surface area contributed by atoms with Gasteiger partial charge in [0.25, 0.3) is 0 Å². The van der Waals surface area contributed by atoms with Gasteiger partial charge in [-0.3, -0.25) is 4.79 Å². The molecule has 26 heavy (non-hydrogen) atoms. The van der Waals surface area contributed by atoms with Crippen LogP contribution in [0.2, 0.25) is 0 Å². The van der Waals surface area contributed by atoms with Crippen LogP contribution < -0.4 is 5.73 Å². The molecule has 144 valence electrons. The van der Waals surface area contributed by atoms with Crippen molar-refractivity contribution in [3.05, 3.63) is 29.8 Å². The van der Waals surface area contributed by atoms with Gasteiger partial charge in [0.1, 0.15) is 11.6 Å². The number of halogens is 2. The summed E-state index contributed by atoms with van der Waals surface area (Å²) in [6.07, 6.45) is 3.27. The van der Waals surface area contributed by atoms with Crippen molar-refractivity contribution in [1.82, 2.24) is 9.21 Å². The maximum atomic E-state index is 13.8. The lowest BCUT2D eigenvalue weighted by molar-refractivity contribution is -0.133. The zero-order valence-corrected chi connectivity index (χ0v) is 15.2. The Morgan fingerprint density at radius 2 is 1.73 bits per heavy atom. The summed E-state index contributed by atoms with van der Waals surface area (Å²) in [6.45, 7) is 0.434. The molecular formula is C17H23F2N3O3S. The summed E-state index contributed by atoms with van der Waals surface area (Å²) in [7, 11) is -4.28. The first-order valence-electron chi connectivity index (χ1n) is 8.78. The van der Waals surface area contributed by atoms with E-state index in [0.717, 1.165) is 41.8 Å². The molecule has 2 aliphatic rings. The van der Waals surface area contributed by atoms with Crippen LogP contribution in [0.25, 0.3) is 0 Å². The first kappa shape index (κ1) is 19.2.